The van der Waals surface area contributed by atoms with Crippen LogP contribution in [0.3, 0.4) is 0 Å². The minimum absolute atomic E-state index is 0.0114. The van der Waals surface area contributed by atoms with Crippen molar-refractivity contribution in [3.05, 3.63) is 24.2 Å². The minimum atomic E-state index is -0.900. The van der Waals surface area contributed by atoms with Crippen LogP contribution in [0.1, 0.15) is 43.7 Å². The lowest BCUT2D eigenvalue weighted by Crippen LogP contribution is -2.44. The van der Waals surface area contributed by atoms with Gasteiger partial charge in [-0.05, 0) is 32.4 Å². The van der Waals surface area contributed by atoms with Crippen molar-refractivity contribution < 1.29 is 23.9 Å². The van der Waals surface area contributed by atoms with Gasteiger partial charge in [-0.25, -0.2) is 0 Å². The van der Waals surface area contributed by atoms with Gasteiger partial charge in [-0.15, -0.1) is 0 Å². The van der Waals surface area contributed by atoms with E-state index >= 15 is 0 Å². The SMILES string of the molecule is CC(C)(CCC(=O)O)NC(=O)CCNC(=O)c1ccco1. The van der Waals surface area contributed by atoms with Gasteiger partial charge in [-0.2, -0.15) is 0 Å². The fourth-order valence-corrected chi connectivity index (χ4v) is 1.71. The van der Waals surface area contributed by atoms with E-state index in [4.69, 9.17) is 9.52 Å². The van der Waals surface area contributed by atoms with Gasteiger partial charge in [0.1, 0.15) is 0 Å². The van der Waals surface area contributed by atoms with Crippen LogP contribution in [0, 0.1) is 0 Å². The first-order chi connectivity index (χ1) is 9.80. The van der Waals surface area contributed by atoms with E-state index in [0.29, 0.717) is 6.42 Å². The van der Waals surface area contributed by atoms with Crippen LogP contribution in [-0.2, 0) is 9.59 Å². The van der Waals surface area contributed by atoms with E-state index in [1.807, 2.05) is 0 Å². The molecule has 3 N–H and O–H groups in total. The molecule has 0 bridgehead atoms. The van der Waals surface area contributed by atoms with Gasteiger partial charge in [0.15, 0.2) is 5.76 Å². The molecular formula is C14H20N2O5. The molecule has 0 saturated carbocycles. The first-order valence-electron chi connectivity index (χ1n) is 6.65. The third-order valence-corrected chi connectivity index (χ3v) is 2.82. The zero-order chi connectivity index (χ0) is 15.9. The average Bonchev–Trinajstić information content (AvgIpc) is 2.89. The van der Waals surface area contributed by atoms with Gasteiger partial charge in [0.25, 0.3) is 5.91 Å². The monoisotopic (exact) mass is 296 g/mol. The first-order valence-corrected chi connectivity index (χ1v) is 6.65. The Kier molecular flexibility index (Phi) is 5.95. The molecular weight excluding hydrogens is 276 g/mol. The second-order valence-electron chi connectivity index (χ2n) is 5.31. The molecule has 7 nitrogen and oxygen atoms in total. The van der Waals surface area contributed by atoms with Crippen molar-refractivity contribution in [2.45, 2.75) is 38.6 Å². The summed E-state index contributed by atoms with van der Waals surface area (Å²) in [7, 11) is 0. The van der Waals surface area contributed by atoms with E-state index in [-0.39, 0.29) is 37.0 Å². The Morgan fingerprint density at radius 3 is 2.57 bits per heavy atom. The summed E-state index contributed by atoms with van der Waals surface area (Å²) in [6.07, 6.45) is 1.84. The lowest BCUT2D eigenvalue weighted by Gasteiger charge is -2.25. The van der Waals surface area contributed by atoms with Crippen molar-refractivity contribution in [1.82, 2.24) is 10.6 Å². The number of carbonyl (C=O) groups is 3. The smallest absolute Gasteiger partial charge is 0.303 e. The number of carbonyl (C=O) groups excluding carboxylic acids is 2. The van der Waals surface area contributed by atoms with E-state index in [2.05, 4.69) is 10.6 Å². The maximum Gasteiger partial charge on any atom is 0.303 e. The molecule has 1 aromatic rings. The number of nitrogens with one attached hydrogen (secondary N) is 2. The number of carboxylic acid groups (broad SMARTS) is 1. The molecule has 21 heavy (non-hydrogen) atoms. The number of furan rings is 1. The highest BCUT2D eigenvalue weighted by Gasteiger charge is 2.21. The Bertz CT molecular complexity index is 493. The molecule has 1 aromatic heterocycles. The van der Waals surface area contributed by atoms with Crippen molar-refractivity contribution in [3.63, 3.8) is 0 Å². The molecule has 1 heterocycles. The van der Waals surface area contributed by atoms with Gasteiger partial charge >= 0.3 is 5.97 Å². The van der Waals surface area contributed by atoms with Gasteiger partial charge < -0.3 is 20.2 Å². The van der Waals surface area contributed by atoms with Crippen LogP contribution < -0.4 is 10.6 Å². The Balaban J connectivity index is 2.27. The summed E-state index contributed by atoms with van der Waals surface area (Å²) in [4.78, 5) is 33.8. The molecule has 0 aliphatic rings. The Morgan fingerprint density at radius 1 is 1.29 bits per heavy atom. The summed E-state index contributed by atoms with van der Waals surface area (Å²) in [5.74, 6) is -1.33. The van der Waals surface area contributed by atoms with Crippen LogP contribution in [0.4, 0.5) is 0 Å². The van der Waals surface area contributed by atoms with Gasteiger partial charge in [-0.1, -0.05) is 0 Å². The topological polar surface area (TPSA) is 109 Å². The Hall–Kier alpha value is -2.31. The highest BCUT2D eigenvalue weighted by Crippen LogP contribution is 2.11. The Morgan fingerprint density at radius 2 is 2.00 bits per heavy atom. The zero-order valence-electron chi connectivity index (χ0n) is 12.1. The van der Waals surface area contributed by atoms with Crippen LogP contribution in [0.5, 0.6) is 0 Å². The van der Waals surface area contributed by atoms with Gasteiger partial charge in [-0.3, -0.25) is 14.4 Å². The maximum atomic E-state index is 11.7. The van der Waals surface area contributed by atoms with Crippen LogP contribution in [0.25, 0.3) is 0 Å². The number of rotatable bonds is 8. The maximum absolute atomic E-state index is 11.7. The molecule has 0 unspecified atom stereocenters. The molecule has 0 fully saturated rings. The molecule has 0 aromatic carbocycles. The van der Waals surface area contributed by atoms with Crippen molar-refractivity contribution in [3.8, 4) is 0 Å². The van der Waals surface area contributed by atoms with Crippen LogP contribution in [0.2, 0.25) is 0 Å². The summed E-state index contributed by atoms with van der Waals surface area (Å²) >= 11 is 0. The molecule has 0 radical (unpaired) electrons. The third-order valence-electron chi connectivity index (χ3n) is 2.82. The number of hydrogen-bond donors (Lipinski definition) is 3. The third kappa shape index (κ3) is 6.60. The van der Waals surface area contributed by atoms with Crippen molar-refractivity contribution >= 4 is 17.8 Å². The number of aliphatic carboxylic acids is 1. The van der Waals surface area contributed by atoms with E-state index in [1.54, 1.807) is 19.9 Å². The zero-order valence-corrected chi connectivity index (χ0v) is 12.1. The van der Waals surface area contributed by atoms with Crippen molar-refractivity contribution in [2.75, 3.05) is 6.54 Å². The lowest BCUT2D eigenvalue weighted by atomic mass is 9.98. The first kappa shape index (κ1) is 16.7. The quantitative estimate of drug-likeness (QED) is 0.667. The van der Waals surface area contributed by atoms with Gasteiger partial charge in [0, 0.05) is 24.9 Å². The molecule has 1 rings (SSSR count). The normalized spacial score (nSPS) is 11.0. The molecule has 0 saturated heterocycles. The Labute approximate surface area is 122 Å². The molecule has 0 atom stereocenters. The predicted molar refractivity (Wildman–Crippen MR) is 74.7 cm³/mol. The van der Waals surface area contributed by atoms with E-state index < -0.39 is 11.5 Å². The largest absolute Gasteiger partial charge is 0.481 e. The number of carboxylic acids is 1. The highest BCUT2D eigenvalue weighted by atomic mass is 16.4. The second-order valence-corrected chi connectivity index (χ2v) is 5.31. The summed E-state index contributed by atoms with van der Waals surface area (Å²) in [5, 5.41) is 13.9. The van der Waals surface area contributed by atoms with Gasteiger partial charge in [0.05, 0.1) is 6.26 Å². The van der Waals surface area contributed by atoms with E-state index in [9.17, 15) is 14.4 Å². The summed E-state index contributed by atoms with van der Waals surface area (Å²) in [6, 6.07) is 3.14. The molecule has 2 amide bonds. The predicted octanol–water partition coefficient (Wildman–Crippen LogP) is 1.16. The van der Waals surface area contributed by atoms with E-state index in [1.165, 1.54) is 12.3 Å². The minimum Gasteiger partial charge on any atom is -0.481 e. The molecule has 0 spiro atoms. The molecule has 116 valence electrons. The molecule has 0 aliphatic heterocycles. The van der Waals surface area contributed by atoms with Gasteiger partial charge in [0.2, 0.25) is 5.91 Å². The van der Waals surface area contributed by atoms with Crippen molar-refractivity contribution in [1.29, 1.82) is 0 Å². The van der Waals surface area contributed by atoms with Crippen LogP contribution >= 0.6 is 0 Å². The summed E-state index contributed by atoms with van der Waals surface area (Å²) < 4.78 is 4.92. The standard InChI is InChI=1S/C14H20N2O5/c1-14(2,7-5-12(18)19)16-11(17)6-8-15-13(20)10-4-3-9-21-10/h3-4,9H,5-8H2,1-2H3,(H,15,20)(H,16,17)(H,18,19). The molecule has 0 aliphatic carbocycles. The van der Waals surface area contributed by atoms with Crippen molar-refractivity contribution in [2.24, 2.45) is 0 Å². The van der Waals surface area contributed by atoms with Crippen LogP contribution in [0.15, 0.2) is 22.8 Å². The van der Waals surface area contributed by atoms with E-state index in [0.717, 1.165) is 0 Å². The van der Waals surface area contributed by atoms with Crippen LogP contribution in [-0.4, -0.2) is 35.0 Å². The fourth-order valence-electron chi connectivity index (χ4n) is 1.71. The lowest BCUT2D eigenvalue weighted by molar-refractivity contribution is -0.137. The summed E-state index contributed by atoms with van der Waals surface area (Å²) in [5.41, 5.74) is -0.597. The number of hydrogen-bond acceptors (Lipinski definition) is 4. The number of amides is 2. The summed E-state index contributed by atoms with van der Waals surface area (Å²) in [6.45, 7) is 3.70. The highest BCUT2D eigenvalue weighted by molar-refractivity contribution is 5.91. The average molecular weight is 296 g/mol. The fraction of sp³-hybridized carbons (Fsp3) is 0.500. The second kappa shape index (κ2) is 7.47. The molecule has 7 heteroatoms.